The lowest BCUT2D eigenvalue weighted by Gasteiger charge is -2.13. The highest BCUT2D eigenvalue weighted by Crippen LogP contribution is 2.31. The number of ether oxygens (including phenoxy) is 1. The maximum atomic E-state index is 13.0. The highest BCUT2D eigenvalue weighted by molar-refractivity contribution is 5.79. The number of benzene rings is 1. The minimum Gasteiger partial charge on any atom is -0.456 e. The van der Waals surface area contributed by atoms with Crippen LogP contribution in [0.25, 0.3) is 0 Å². The van der Waals surface area contributed by atoms with Crippen LogP contribution in [0.2, 0.25) is 0 Å². The van der Waals surface area contributed by atoms with Gasteiger partial charge in [-0.2, -0.15) is 14.0 Å². The van der Waals surface area contributed by atoms with Gasteiger partial charge in [-0.15, -0.1) is 0 Å². The van der Waals surface area contributed by atoms with Gasteiger partial charge in [0, 0.05) is 5.69 Å². The predicted octanol–water partition coefficient (Wildman–Crippen LogP) is 2.23. The van der Waals surface area contributed by atoms with Crippen molar-refractivity contribution in [3.8, 4) is 6.07 Å². The monoisotopic (exact) mass is 266 g/mol. The zero-order valence-corrected chi connectivity index (χ0v) is 10.2. The molecule has 1 aromatic rings. The largest absolute Gasteiger partial charge is 0.456 e. The van der Waals surface area contributed by atoms with Crippen LogP contribution in [0, 0.1) is 18.3 Å². The van der Waals surface area contributed by atoms with E-state index < -0.39 is 24.4 Å². The minimum absolute atomic E-state index is 0.0943. The number of nitrogens with one attached hydrogen (secondary N) is 1. The van der Waals surface area contributed by atoms with E-state index in [1.165, 1.54) is 0 Å². The van der Waals surface area contributed by atoms with E-state index in [1.54, 1.807) is 18.2 Å². The third-order valence-corrected chi connectivity index (χ3v) is 2.94. The van der Waals surface area contributed by atoms with Crippen molar-refractivity contribution in [2.45, 2.75) is 25.4 Å². The SMILES string of the molecule is Cc1ccc(C#N)cc1NCC1CC(F)(F)C(=O)O1. The fourth-order valence-corrected chi connectivity index (χ4v) is 1.87. The van der Waals surface area contributed by atoms with E-state index in [4.69, 9.17) is 5.26 Å². The molecule has 1 atom stereocenters. The molecule has 1 saturated heterocycles. The van der Waals surface area contributed by atoms with Gasteiger partial charge < -0.3 is 10.1 Å². The number of nitrogens with zero attached hydrogens (tertiary/aromatic N) is 1. The maximum Gasteiger partial charge on any atom is 0.377 e. The van der Waals surface area contributed by atoms with Crippen molar-refractivity contribution >= 4 is 11.7 Å². The van der Waals surface area contributed by atoms with Gasteiger partial charge in [0.15, 0.2) is 0 Å². The number of nitriles is 1. The Hall–Kier alpha value is -2.16. The van der Waals surface area contributed by atoms with Gasteiger partial charge >= 0.3 is 11.9 Å². The average Bonchev–Trinajstić information content (AvgIpc) is 2.62. The first-order valence-corrected chi connectivity index (χ1v) is 5.76. The van der Waals surface area contributed by atoms with E-state index >= 15 is 0 Å². The smallest absolute Gasteiger partial charge is 0.377 e. The number of esters is 1. The molecule has 1 heterocycles. The third kappa shape index (κ3) is 2.81. The number of hydrogen-bond donors (Lipinski definition) is 1. The summed E-state index contributed by atoms with van der Waals surface area (Å²) >= 11 is 0. The van der Waals surface area contributed by atoms with Crippen molar-refractivity contribution in [2.24, 2.45) is 0 Å². The first-order valence-electron chi connectivity index (χ1n) is 5.76. The Kier molecular flexibility index (Phi) is 3.38. The van der Waals surface area contributed by atoms with Crippen LogP contribution in [0.5, 0.6) is 0 Å². The Morgan fingerprint density at radius 2 is 2.32 bits per heavy atom. The number of aryl methyl sites for hydroxylation is 1. The third-order valence-electron chi connectivity index (χ3n) is 2.94. The zero-order valence-electron chi connectivity index (χ0n) is 10.2. The summed E-state index contributed by atoms with van der Waals surface area (Å²) in [6.45, 7) is 1.93. The lowest BCUT2D eigenvalue weighted by atomic mass is 10.1. The molecule has 0 saturated carbocycles. The highest BCUT2D eigenvalue weighted by atomic mass is 19.3. The standard InChI is InChI=1S/C13H12F2N2O2/c1-8-2-3-9(6-16)4-11(8)17-7-10-5-13(14,15)12(18)19-10/h2-4,10,17H,5,7H2,1H3. The molecule has 1 aromatic carbocycles. The Morgan fingerprint density at radius 3 is 2.89 bits per heavy atom. The molecule has 0 spiro atoms. The van der Waals surface area contributed by atoms with Crippen LogP contribution in [0.3, 0.4) is 0 Å². The molecular weight excluding hydrogens is 254 g/mol. The number of cyclic esters (lactones) is 1. The second kappa shape index (κ2) is 4.84. The van der Waals surface area contributed by atoms with Gasteiger partial charge in [-0.25, -0.2) is 4.79 Å². The molecule has 0 bridgehead atoms. The molecule has 1 aliphatic heterocycles. The van der Waals surface area contributed by atoms with E-state index in [1.807, 2.05) is 13.0 Å². The molecule has 19 heavy (non-hydrogen) atoms. The van der Waals surface area contributed by atoms with Gasteiger partial charge in [-0.3, -0.25) is 0 Å². The molecule has 100 valence electrons. The molecule has 0 aromatic heterocycles. The topological polar surface area (TPSA) is 62.1 Å². The fourth-order valence-electron chi connectivity index (χ4n) is 1.87. The van der Waals surface area contributed by atoms with Crippen molar-refractivity contribution in [1.82, 2.24) is 0 Å². The molecule has 1 fully saturated rings. The van der Waals surface area contributed by atoms with Crippen LogP contribution in [-0.4, -0.2) is 24.5 Å². The predicted molar refractivity (Wildman–Crippen MR) is 63.8 cm³/mol. The molecular formula is C13H12F2N2O2. The molecule has 6 heteroatoms. The lowest BCUT2D eigenvalue weighted by Crippen LogP contribution is -2.22. The van der Waals surface area contributed by atoms with E-state index in [9.17, 15) is 13.6 Å². The molecule has 0 radical (unpaired) electrons. The molecule has 2 rings (SSSR count). The molecule has 1 N–H and O–H groups in total. The number of carbonyl (C=O) groups is 1. The molecule has 0 aliphatic carbocycles. The summed E-state index contributed by atoms with van der Waals surface area (Å²) in [7, 11) is 0. The van der Waals surface area contributed by atoms with Gasteiger partial charge in [0.1, 0.15) is 6.10 Å². The van der Waals surface area contributed by atoms with Crippen LogP contribution in [0.4, 0.5) is 14.5 Å². The second-order valence-corrected chi connectivity index (χ2v) is 4.46. The van der Waals surface area contributed by atoms with Crippen molar-refractivity contribution in [3.63, 3.8) is 0 Å². The van der Waals surface area contributed by atoms with Crippen LogP contribution in [0.15, 0.2) is 18.2 Å². The van der Waals surface area contributed by atoms with E-state index in [2.05, 4.69) is 10.1 Å². The van der Waals surface area contributed by atoms with Crippen molar-refractivity contribution in [3.05, 3.63) is 29.3 Å². The van der Waals surface area contributed by atoms with E-state index in [-0.39, 0.29) is 6.54 Å². The molecule has 4 nitrogen and oxygen atoms in total. The summed E-state index contributed by atoms with van der Waals surface area (Å²) in [5.41, 5.74) is 2.03. The first-order chi connectivity index (χ1) is 8.92. The molecule has 0 amide bonds. The van der Waals surface area contributed by atoms with E-state index in [0.29, 0.717) is 11.3 Å². The van der Waals surface area contributed by atoms with Crippen LogP contribution >= 0.6 is 0 Å². The van der Waals surface area contributed by atoms with Crippen molar-refractivity contribution < 1.29 is 18.3 Å². The van der Waals surface area contributed by atoms with Gasteiger partial charge in [0.25, 0.3) is 0 Å². The Balaban J connectivity index is 2.01. The molecule has 1 unspecified atom stereocenters. The summed E-state index contributed by atoms with van der Waals surface area (Å²) < 4.78 is 30.5. The number of halogens is 2. The first kappa shape index (κ1) is 13.3. The summed E-state index contributed by atoms with van der Waals surface area (Å²) in [5.74, 6) is -4.86. The lowest BCUT2D eigenvalue weighted by molar-refractivity contribution is -0.158. The Bertz CT molecular complexity index is 552. The summed E-state index contributed by atoms with van der Waals surface area (Å²) in [6, 6.07) is 7.06. The van der Waals surface area contributed by atoms with Crippen LogP contribution in [-0.2, 0) is 9.53 Å². The van der Waals surface area contributed by atoms with Crippen LogP contribution < -0.4 is 5.32 Å². The quantitative estimate of drug-likeness (QED) is 0.852. The van der Waals surface area contributed by atoms with Crippen LogP contribution in [0.1, 0.15) is 17.5 Å². The number of hydrogen-bond acceptors (Lipinski definition) is 4. The Labute approximate surface area is 109 Å². The van der Waals surface area contributed by atoms with Gasteiger partial charge in [-0.05, 0) is 24.6 Å². The fraction of sp³-hybridized carbons (Fsp3) is 0.385. The second-order valence-electron chi connectivity index (χ2n) is 4.46. The highest BCUT2D eigenvalue weighted by Gasteiger charge is 2.50. The van der Waals surface area contributed by atoms with Gasteiger partial charge in [-0.1, -0.05) is 6.07 Å². The maximum absolute atomic E-state index is 13.0. The number of carbonyl (C=O) groups excluding carboxylic acids is 1. The van der Waals surface area contributed by atoms with Gasteiger partial charge in [0.05, 0.1) is 24.6 Å². The number of rotatable bonds is 3. The number of alkyl halides is 2. The molecule has 1 aliphatic rings. The average molecular weight is 266 g/mol. The summed E-state index contributed by atoms with van der Waals surface area (Å²) in [4.78, 5) is 10.8. The number of anilines is 1. The van der Waals surface area contributed by atoms with Crippen molar-refractivity contribution in [1.29, 1.82) is 5.26 Å². The minimum atomic E-state index is -3.39. The summed E-state index contributed by atoms with van der Waals surface area (Å²) in [6.07, 6.45) is -1.47. The zero-order chi connectivity index (χ0) is 14.0. The van der Waals surface area contributed by atoms with E-state index in [0.717, 1.165) is 5.56 Å². The Morgan fingerprint density at radius 1 is 1.58 bits per heavy atom. The van der Waals surface area contributed by atoms with Gasteiger partial charge in [0.2, 0.25) is 0 Å². The summed E-state index contributed by atoms with van der Waals surface area (Å²) in [5, 5.41) is 11.7. The van der Waals surface area contributed by atoms with Crippen molar-refractivity contribution in [2.75, 3.05) is 11.9 Å². The normalized spacial score (nSPS) is 20.7.